The summed E-state index contributed by atoms with van der Waals surface area (Å²) in [5.41, 5.74) is 6.12. The Morgan fingerprint density at radius 3 is 2.54 bits per heavy atom. The zero-order valence-electron chi connectivity index (χ0n) is 9.16. The van der Waals surface area contributed by atoms with Crippen LogP contribution in [0.3, 0.4) is 0 Å². The van der Waals surface area contributed by atoms with Crippen LogP contribution in [0.1, 0.15) is 20.3 Å². The third-order valence-corrected chi connectivity index (χ3v) is 3.12. The first kappa shape index (κ1) is 11.0. The minimum absolute atomic E-state index is 0.371. The van der Waals surface area contributed by atoms with Crippen molar-refractivity contribution >= 4 is 0 Å². The van der Waals surface area contributed by atoms with Crippen LogP contribution in [-0.4, -0.2) is 55.1 Å². The van der Waals surface area contributed by atoms with E-state index >= 15 is 0 Å². The molecule has 1 aliphatic rings. The number of nitrogens with two attached hydrogens (primary N) is 1. The van der Waals surface area contributed by atoms with Gasteiger partial charge >= 0.3 is 0 Å². The Bertz CT molecular complexity index is 145. The van der Waals surface area contributed by atoms with Gasteiger partial charge in [-0.2, -0.15) is 0 Å². The van der Waals surface area contributed by atoms with Gasteiger partial charge in [0.25, 0.3) is 0 Å². The smallest absolute Gasteiger partial charge is 0.0374 e. The Kier molecular flexibility index (Phi) is 4.16. The molecule has 2 N–H and O–H groups in total. The van der Waals surface area contributed by atoms with Crippen LogP contribution in [0.2, 0.25) is 0 Å². The van der Waals surface area contributed by atoms with Crippen LogP contribution < -0.4 is 5.73 Å². The maximum atomic E-state index is 6.12. The Morgan fingerprint density at radius 2 is 2.00 bits per heavy atom. The molecule has 2 atom stereocenters. The summed E-state index contributed by atoms with van der Waals surface area (Å²) < 4.78 is 0. The maximum absolute atomic E-state index is 6.12. The van der Waals surface area contributed by atoms with Crippen LogP contribution in [0.15, 0.2) is 0 Å². The molecule has 0 amide bonds. The molecule has 0 radical (unpaired) electrons. The van der Waals surface area contributed by atoms with Gasteiger partial charge in [0, 0.05) is 18.6 Å². The van der Waals surface area contributed by atoms with Gasteiger partial charge < -0.3 is 10.6 Å². The fourth-order valence-corrected chi connectivity index (χ4v) is 2.19. The average Bonchev–Trinajstić information content (AvgIpc) is 2.13. The van der Waals surface area contributed by atoms with Crippen molar-refractivity contribution in [2.45, 2.75) is 32.4 Å². The lowest BCUT2D eigenvalue weighted by atomic mass is 9.99. The molecule has 0 bridgehead atoms. The second-order valence-electron chi connectivity index (χ2n) is 4.00. The van der Waals surface area contributed by atoms with E-state index in [1.165, 1.54) is 0 Å². The molecule has 0 aromatic carbocycles. The third-order valence-electron chi connectivity index (χ3n) is 3.12. The van der Waals surface area contributed by atoms with Gasteiger partial charge in [0.05, 0.1) is 0 Å². The van der Waals surface area contributed by atoms with Crippen molar-refractivity contribution < 1.29 is 0 Å². The molecule has 1 saturated heterocycles. The zero-order valence-corrected chi connectivity index (χ0v) is 9.16. The summed E-state index contributed by atoms with van der Waals surface area (Å²) in [6.07, 6.45) is 1.14. The first-order valence-electron chi connectivity index (χ1n) is 5.37. The van der Waals surface area contributed by atoms with Crippen LogP contribution in [0.25, 0.3) is 0 Å². The van der Waals surface area contributed by atoms with Gasteiger partial charge in [0.2, 0.25) is 0 Å². The van der Waals surface area contributed by atoms with Crippen molar-refractivity contribution in [1.82, 2.24) is 9.80 Å². The lowest BCUT2D eigenvalue weighted by Crippen LogP contribution is -2.57. The van der Waals surface area contributed by atoms with Crippen LogP contribution in [0.4, 0.5) is 0 Å². The summed E-state index contributed by atoms with van der Waals surface area (Å²) in [5, 5.41) is 0. The first-order chi connectivity index (χ1) is 6.19. The minimum Gasteiger partial charge on any atom is -0.326 e. The molecule has 0 aromatic heterocycles. The van der Waals surface area contributed by atoms with Gasteiger partial charge in [-0.15, -0.1) is 0 Å². The number of piperidine rings is 1. The van der Waals surface area contributed by atoms with E-state index in [1.807, 2.05) is 0 Å². The summed E-state index contributed by atoms with van der Waals surface area (Å²) in [7, 11) is 2.18. The van der Waals surface area contributed by atoms with Crippen LogP contribution in [0, 0.1) is 0 Å². The topological polar surface area (TPSA) is 32.5 Å². The second kappa shape index (κ2) is 4.94. The van der Waals surface area contributed by atoms with E-state index in [0.29, 0.717) is 12.1 Å². The Labute approximate surface area is 81.9 Å². The van der Waals surface area contributed by atoms with E-state index in [9.17, 15) is 0 Å². The monoisotopic (exact) mass is 185 g/mol. The number of likely N-dealkylation sites (tertiary alicyclic amines) is 1. The van der Waals surface area contributed by atoms with E-state index in [4.69, 9.17) is 5.73 Å². The highest BCUT2D eigenvalue weighted by Gasteiger charge is 2.28. The van der Waals surface area contributed by atoms with Gasteiger partial charge in [-0.05, 0) is 33.1 Å². The Hall–Kier alpha value is -0.120. The molecule has 0 aliphatic carbocycles. The highest BCUT2D eigenvalue weighted by Crippen LogP contribution is 2.13. The lowest BCUT2D eigenvalue weighted by Gasteiger charge is -2.41. The van der Waals surface area contributed by atoms with Crippen LogP contribution in [-0.2, 0) is 0 Å². The maximum Gasteiger partial charge on any atom is 0.0374 e. The van der Waals surface area contributed by atoms with Crippen molar-refractivity contribution in [2.75, 3.05) is 33.2 Å². The van der Waals surface area contributed by atoms with Gasteiger partial charge in [-0.1, -0.05) is 13.8 Å². The number of hydrogen-bond donors (Lipinski definition) is 1. The molecule has 1 rings (SSSR count). The molecular formula is C10H23N3. The molecule has 78 valence electrons. The molecule has 2 unspecified atom stereocenters. The third kappa shape index (κ3) is 2.66. The van der Waals surface area contributed by atoms with E-state index < -0.39 is 0 Å². The van der Waals surface area contributed by atoms with Crippen molar-refractivity contribution in [2.24, 2.45) is 5.73 Å². The van der Waals surface area contributed by atoms with Gasteiger partial charge in [-0.3, -0.25) is 4.90 Å². The molecule has 1 aliphatic heterocycles. The quantitative estimate of drug-likeness (QED) is 0.689. The summed E-state index contributed by atoms with van der Waals surface area (Å²) in [5.74, 6) is 0. The van der Waals surface area contributed by atoms with E-state index in [1.54, 1.807) is 0 Å². The summed E-state index contributed by atoms with van der Waals surface area (Å²) in [6, 6.07) is 0.935. The minimum atomic E-state index is 0.371. The lowest BCUT2D eigenvalue weighted by molar-refractivity contribution is 0.104. The van der Waals surface area contributed by atoms with Gasteiger partial charge in [0.15, 0.2) is 0 Å². The fraction of sp³-hybridized carbons (Fsp3) is 1.00. The molecule has 1 fully saturated rings. The van der Waals surface area contributed by atoms with E-state index in [-0.39, 0.29) is 0 Å². The Balaban J connectivity index is 2.53. The van der Waals surface area contributed by atoms with Crippen LogP contribution >= 0.6 is 0 Å². The molecule has 13 heavy (non-hydrogen) atoms. The largest absolute Gasteiger partial charge is 0.326 e. The van der Waals surface area contributed by atoms with Crippen LogP contribution in [0.5, 0.6) is 0 Å². The Morgan fingerprint density at radius 1 is 1.38 bits per heavy atom. The predicted octanol–water partition coefficient (Wildman–Crippen LogP) is 0.360. The summed E-state index contributed by atoms with van der Waals surface area (Å²) >= 11 is 0. The first-order valence-corrected chi connectivity index (χ1v) is 5.37. The number of rotatable bonds is 3. The molecule has 3 nitrogen and oxygen atoms in total. The van der Waals surface area contributed by atoms with Gasteiger partial charge in [0.1, 0.15) is 0 Å². The average molecular weight is 185 g/mol. The predicted molar refractivity (Wildman–Crippen MR) is 56.8 cm³/mol. The second-order valence-corrected chi connectivity index (χ2v) is 4.00. The molecule has 0 saturated carbocycles. The standard InChI is InChI=1S/C10H23N3/c1-4-13(5-2)10-8-12(3)7-6-9(10)11/h9-10H,4-8,11H2,1-3H3. The molecular weight excluding hydrogens is 162 g/mol. The number of hydrogen-bond acceptors (Lipinski definition) is 3. The molecule has 0 aromatic rings. The highest BCUT2D eigenvalue weighted by atomic mass is 15.2. The summed E-state index contributed by atoms with van der Waals surface area (Å²) in [4.78, 5) is 4.85. The zero-order chi connectivity index (χ0) is 9.84. The van der Waals surface area contributed by atoms with Gasteiger partial charge in [-0.25, -0.2) is 0 Å². The number of likely N-dealkylation sites (N-methyl/N-ethyl adjacent to an activating group) is 2. The SMILES string of the molecule is CCN(CC)C1CN(C)CCC1N. The molecule has 0 spiro atoms. The van der Waals surface area contributed by atoms with Crippen molar-refractivity contribution in [3.63, 3.8) is 0 Å². The summed E-state index contributed by atoms with van der Waals surface area (Å²) in [6.45, 7) is 8.93. The molecule has 1 heterocycles. The number of nitrogens with zero attached hydrogens (tertiary/aromatic N) is 2. The van der Waals surface area contributed by atoms with Crippen molar-refractivity contribution in [3.8, 4) is 0 Å². The highest BCUT2D eigenvalue weighted by molar-refractivity contribution is 4.88. The van der Waals surface area contributed by atoms with Crippen molar-refractivity contribution in [1.29, 1.82) is 0 Å². The molecule has 3 heteroatoms. The fourth-order valence-electron chi connectivity index (χ4n) is 2.19. The van der Waals surface area contributed by atoms with E-state index in [2.05, 4.69) is 30.7 Å². The van der Waals surface area contributed by atoms with E-state index in [0.717, 1.165) is 32.6 Å². The normalized spacial score (nSPS) is 31.2. The van der Waals surface area contributed by atoms with Crippen molar-refractivity contribution in [3.05, 3.63) is 0 Å².